The van der Waals surface area contributed by atoms with Gasteiger partial charge in [-0.2, -0.15) is 0 Å². The molecule has 1 aliphatic heterocycles. The van der Waals surface area contributed by atoms with Crippen molar-refractivity contribution in [2.75, 3.05) is 26.7 Å². The van der Waals surface area contributed by atoms with Crippen LogP contribution in [0.3, 0.4) is 0 Å². The third-order valence-corrected chi connectivity index (χ3v) is 5.57. The van der Waals surface area contributed by atoms with Gasteiger partial charge in [-0.15, -0.1) is 0 Å². The fourth-order valence-electron chi connectivity index (χ4n) is 2.56. The second kappa shape index (κ2) is 6.65. The Labute approximate surface area is 120 Å². The summed E-state index contributed by atoms with van der Waals surface area (Å²) < 4.78 is 39.0. The van der Waals surface area contributed by atoms with Crippen molar-refractivity contribution >= 4 is 10.0 Å². The molecule has 0 radical (unpaired) electrons. The van der Waals surface area contributed by atoms with Gasteiger partial charge < -0.3 is 5.32 Å². The summed E-state index contributed by atoms with van der Waals surface area (Å²) in [4.78, 5) is 0. The van der Waals surface area contributed by atoms with Crippen molar-refractivity contribution < 1.29 is 12.8 Å². The molecule has 2 rings (SSSR count). The van der Waals surface area contributed by atoms with Crippen molar-refractivity contribution in [3.8, 4) is 0 Å². The van der Waals surface area contributed by atoms with E-state index in [9.17, 15) is 12.8 Å². The highest BCUT2D eigenvalue weighted by atomic mass is 32.2. The first kappa shape index (κ1) is 15.4. The highest BCUT2D eigenvalue weighted by Crippen LogP contribution is 2.21. The number of halogens is 1. The van der Waals surface area contributed by atoms with Gasteiger partial charge in [0.1, 0.15) is 5.82 Å². The minimum atomic E-state index is -3.30. The Morgan fingerprint density at radius 3 is 2.40 bits per heavy atom. The molecule has 20 heavy (non-hydrogen) atoms. The number of rotatable bonds is 5. The molecule has 1 N–H and O–H groups in total. The maximum absolute atomic E-state index is 12.8. The van der Waals surface area contributed by atoms with Crippen LogP contribution in [0.2, 0.25) is 0 Å². The van der Waals surface area contributed by atoms with Gasteiger partial charge >= 0.3 is 0 Å². The molecule has 0 amide bonds. The summed E-state index contributed by atoms with van der Waals surface area (Å²) in [6, 6.07) is 5.65. The Morgan fingerprint density at radius 2 is 1.85 bits per heavy atom. The largest absolute Gasteiger partial charge is 0.319 e. The molecular weight excluding hydrogens is 279 g/mol. The second-order valence-electron chi connectivity index (χ2n) is 5.28. The summed E-state index contributed by atoms with van der Waals surface area (Å²) in [6.07, 6.45) is 1.78. The van der Waals surface area contributed by atoms with Crippen LogP contribution in [0.5, 0.6) is 0 Å². The Kier molecular flexibility index (Phi) is 5.12. The highest BCUT2D eigenvalue weighted by Gasteiger charge is 2.27. The zero-order chi connectivity index (χ0) is 14.6. The zero-order valence-electron chi connectivity index (χ0n) is 11.7. The average molecular weight is 300 g/mol. The number of nitrogens with one attached hydrogen (secondary N) is 1. The summed E-state index contributed by atoms with van der Waals surface area (Å²) in [5.74, 6) is 0.153. The van der Waals surface area contributed by atoms with Gasteiger partial charge in [0.2, 0.25) is 10.0 Å². The van der Waals surface area contributed by atoms with E-state index in [1.807, 2.05) is 7.05 Å². The Balaban J connectivity index is 1.96. The van der Waals surface area contributed by atoms with Gasteiger partial charge in [0.15, 0.2) is 0 Å². The predicted octanol–water partition coefficient (Wildman–Crippen LogP) is 1.59. The number of hydrogen-bond donors (Lipinski definition) is 1. The lowest BCUT2D eigenvalue weighted by atomic mass is 9.98. The SMILES string of the molecule is CNCC1CCN(S(=O)(=O)Cc2ccc(F)cc2)CC1. The van der Waals surface area contributed by atoms with Crippen molar-refractivity contribution in [3.63, 3.8) is 0 Å². The van der Waals surface area contributed by atoms with E-state index in [-0.39, 0.29) is 11.6 Å². The maximum atomic E-state index is 12.8. The lowest BCUT2D eigenvalue weighted by Crippen LogP contribution is -2.40. The smallest absolute Gasteiger partial charge is 0.218 e. The molecule has 1 aromatic carbocycles. The molecule has 0 saturated carbocycles. The topological polar surface area (TPSA) is 49.4 Å². The monoisotopic (exact) mass is 300 g/mol. The Hall–Kier alpha value is -0.980. The quantitative estimate of drug-likeness (QED) is 0.898. The fourth-order valence-corrected chi connectivity index (χ4v) is 4.13. The number of hydrogen-bond acceptors (Lipinski definition) is 3. The van der Waals surface area contributed by atoms with Gasteiger partial charge in [-0.05, 0) is 50.0 Å². The van der Waals surface area contributed by atoms with Gasteiger partial charge in [-0.3, -0.25) is 0 Å². The van der Waals surface area contributed by atoms with Crippen molar-refractivity contribution in [3.05, 3.63) is 35.6 Å². The number of sulfonamides is 1. The molecule has 1 fully saturated rings. The third-order valence-electron chi connectivity index (χ3n) is 3.72. The van der Waals surface area contributed by atoms with E-state index < -0.39 is 10.0 Å². The third kappa shape index (κ3) is 4.01. The summed E-state index contributed by atoms with van der Waals surface area (Å²) in [5, 5.41) is 3.13. The van der Waals surface area contributed by atoms with E-state index >= 15 is 0 Å². The normalized spacial score (nSPS) is 18.3. The lowest BCUT2D eigenvalue weighted by molar-refractivity contribution is 0.270. The van der Waals surface area contributed by atoms with Crippen LogP contribution >= 0.6 is 0 Å². The zero-order valence-corrected chi connectivity index (χ0v) is 12.5. The molecule has 0 aliphatic carbocycles. The van der Waals surface area contributed by atoms with E-state index in [1.54, 1.807) is 4.31 Å². The molecule has 1 aliphatic rings. The van der Waals surface area contributed by atoms with Crippen molar-refractivity contribution in [1.82, 2.24) is 9.62 Å². The van der Waals surface area contributed by atoms with E-state index in [1.165, 1.54) is 24.3 Å². The van der Waals surface area contributed by atoms with Crippen LogP contribution in [0.4, 0.5) is 4.39 Å². The summed E-state index contributed by atoms with van der Waals surface area (Å²) >= 11 is 0. The van der Waals surface area contributed by atoms with Crippen LogP contribution in [0.15, 0.2) is 24.3 Å². The summed E-state index contributed by atoms with van der Waals surface area (Å²) in [7, 11) is -1.38. The van der Waals surface area contributed by atoms with Gasteiger partial charge in [0, 0.05) is 13.1 Å². The molecule has 112 valence electrons. The Bertz CT molecular complexity index is 523. The van der Waals surface area contributed by atoms with Crippen LogP contribution in [0.1, 0.15) is 18.4 Å². The van der Waals surface area contributed by atoms with Crippen LogP contribution in [-0.4, -0.2) is 39.4 Å². The first-order valence-electron chi connectivity index (χ1n) is 6.88. The molecule has 4 nitrogen and oxygen atoms in total. The van der Waals surface area contributed by atoms with Crippen molar-refractivity contribution in [2.24, 2.45) is 5.92 Å². The van der Waals surface area contributed by atoms with E-state index in [0.29, 0.717) is 24.6 Å². The molecule has 0 bridgehead atoms. The molecule has 1 saturated heterocycles. The average Bonchev–Trinajstić information content (AvgIpc) is 2.42. The first-order valence-corrected chi connectivity index (χ1v) is 8.49. The molecule has 1 heterocycles. The molecule has 0 atom stereocenters. The van der Waals surface area contributed by atoms with Crippen LogP contribution in [-0.2, 0) is 15.8 Å². The van der Waals surface area contributed by atoms with Crippen LogP contribution < -0.4 is 5.32 Å². The van der Waals surface area contributed by atoms with Gasteiger partial charge in [-0.25, -0.2) is 17.1 Å². The number of piperidine rings is 1. The standard InChI is InChI=1S/C14H21FN2O2S/c1-16-10-12-6-8-17(9-7-12)20(18,19)11-13-2-4-14(15)5-3-13/h2-5,12,16H,6-11H2,1H3. The summed E-state index contributed by atoms with van der Waals surface area (Å²) in [6.45, 7) is 2.09. The minimum absolute atomic E-state index is 0.0516. The molecule has 0 aromatic heterocycles. The highest BCUT2D eigenvalue weighted by molar-refractivity contribution is 7.88. The van der Waals surface area contributed by atoms with E-state index in [0.717, 1.165) is 19.4 Å². The van der Waals surface area contributed by atoms with Crippen LogP contribution in [0, 0.1) is 11.7 Å². The van der Waals surface area contributed by atoms with Crippen LogP contribution in [0.25, 0.3) is 0 Å². The van der Waals surface area contributed by atoms with Crippen molar-refractivity contribution in [2.45, 2.75) is 18.6 Å². The molecule has 0 unspecified atom stereocenters. The minimum Gasteiger partial charge on any atom is -0.319 e. The molecule has 6 heteroatoms. The molecule has 1 aromatic rings. The predicted molar refractivity (Wildman–Crippen MR) is 77.2 cm³/mol. The molecular formula is C14H21FN2O2S. The van der Waals surface area contributed by atoms with E-state index in [2.05, 4.69) is 5.32 Å². The fraction of sp³-hybridized carbons (Fsp3) is 0.571. The van der Waals surface area contributed by atoms with E-state index in [4.69, 9.17) is 0 Å². The number of nitrogens with zero attached hydrogens (tertiary/aromatic N) is 1. The maximum Gasteiger partial charge on any atom is 0.218 e. The summed E-state index contributed by atoms with van der Waals surface area (Å²) in [5.41, 5.74) is 0.628. The van der Waals surface area contributed by atoms with Gasteiger partial charge in [-0.1, -0.05) is 12.1 Å². The van der Waals surface area contributed by atoms with Gasteiger partial charge in [0.05, 0.1) is 5.75 Å². The van der Waals surface area contributed by atoms with Gasteiger partial charge in [0.25, 0.3) is 0 Å². The second-order valence-corrected chi connectivity index (χ2v) is 7.25. The molecule has 0 spiro atoms. The number of benzene rings is 1. The van der Waals surface area contributed by atoms with Crippen molar-refractivity contribution in [1.29, 1.82) is 0 Å². The Morgan fingerprint density at radius 1 is 1.25 bits per heavy atom. The first-order chi connectivity index (χ1) is 9.51. The lowest BCUT2D eigenvalue weighted by Gasteiger charge is -2.31.